The second-order valence-corrected chi connectivity index (χ2v) is 5.11. The molecule has 0 saturated carbocycles. The third kappa shape index (κ3) is 3.12. The molecule has 5 heteroatoms. The lowest BCUT2D eigenvalue weighted by molar-refractivity contribution is -0.148. The Morgan fingerprint density at radius 2 is 2.27 bits per heavy atom. The number of carboxylic acids is 1. The number of rotatable bonds is 4. The fourth-order valence-electron chi connectivity index (χ4n) is 1.77. The lowest BCUT2D eigenvalue weighted by Crippen LogP contribution is -2.41. The van der Waals surface area contributed by atoms with Gasteiger partial charge in [-0.3, -0.25) is 4.79 Å². The average Bonchev–Trinajstić information content (AvgIpc) is 2.65. The largest absolute Gasteiger partial charge is 0.480 e. The summed E-state index contributed by atoms with van der Waals surface area (Å²) in [6.45, 7) is 2.57. The Hall–Kier alpha value is -0.710. The van der Waals surface area contributed by atoms with Crippen molar-refractivity contribution in [3.63, 3.8) is 0 Å². The van der Waals surface area contributed by atoms with Gasteiger partial charge in [0.15, 0.2) is 0 Å². The molecule has 1 rings (SSSR count). The minimum Gasteiger partial charge on any atom is -0.480 e. The van der Waals surface area contributed by atoms with Crippen LogP contribution >= 0.6 is 11.8 Å². The number of hydrogen-bond donors (Lipinski definition) is 1. The van der Waals surface area contributed by atoms with E-state index in [1.54, 1.807) is 11.8 Å². The van der Waals surface area contributed by atoms with Gasteiger partial charge in [0.1, 0.15) is 6.04 Å². The number of carboxylic acid groups (broad SMARTS) is 1. The monoisotopic (exact) mass is 231 g/mol. The molecular weight excluding hydrogens is 214 g/mol. The van der Waals surface area contributed by atoms with Gasteiger partial charge in [-0.15, -0.1) is 0 Å². The fourth-order valence-corrected chi connectivity index (χ4v) is 2.08. The van der Waals surface area contributed by atoms with Crippen molar-refractivity contribution in [2.45, 2.75) is 37.5 Å². The van der Waals surface area contributed by atoms with Gasteiger partial charge in [-0.25, -0.2) is 4.79 Å². The van der Waals surface area contributed by atoms with Crippen LogP contribution in [0.1, 0.15) is 26.2 Å². The van der Waals surface area contributed by atoms with Crippen molar-refractivity contribution in [1.29, 1.82) is 0 Å². The molecule has 0 aliphatic carbocycles. The van der Waals surface area contributed by atoms with Crippen LogP contribution in [0.15, 0.2) is 0 Å². The van der Waals surface area contributed by atoms with Crippen molar-refractivity contribution < 1.29 is 14.7 Å². The Balaban J connectivity index is 2.55. The Kier molecular flexibility index (Phi) is 4.45. The second kappa shape index (κ2) is 5.39. The summed E-state index contributed by atoms with van der Waals surface area (Å²) in [5.41, 5.74) is 0. The summed E-state index contributed by atoms with van der Waals surface area (Å²) in [5.74, 6) is -0.903. The molecule has 1 heterocycles. The van der Waals surface area contributed by atoms with Gasteiger partial charge >= 0.3 is 5.97 Å². The number of hydrogen-bond acceptors (Lipinski definition) is 3. The lowest BCUT2D eigenvalue weighted by Gasteiger charge is -2.22. The number of nitrogens with zero attached hydrogens (tertiary/aromatic N) is 1. The molecular formula is C10H17NO3S. The highest BCUT2D eigenvalue weighted by molar-refractivity contribution is 7.99. The Morgan fingerprint density at radius 1 is 1.60 bits per heavy atom. The van der Waals surface area contributed by atoms with E-state index in [0.29, 0.717) is 19.4 Å². The molecule has 0 aromatic heterocycles. The molecule has 86 valence electrons. The third-order valence-electron chi connectivity index (χ3n) is 2.72. The summed E-state index contributed by atoms with van der Waals surface area (Å²) >= 11 is 1.63. The Labute approximate surface area is 94.0 Å². The van der Waals surface area contributed by atoms with E-state index in [1.807, 2.05) is 13.2 Å². The summed E-state index contributed by atoms with van der Waals surface area (Å²) in [4.78, 5) is 24.2. The van der Waals surface area contributed by atoms with Crippen LogP contribution in [-0.4, -0.2) is 46.0 Å². The summed E-state index contributed by atoms with van der Waals surface area (Å²) in [6, 6.07) is -0.591. The van der Waals surface area contributed by atoms with Crippen molar-refractivity contribution in [1.82, 2.24) is 4.90 Å². The van der Waals surface area contributed by atoms with E-state index in [1.165, 1.54) is 4.90 Å². The van der Waals surface area contributed by atoms with E-state index in [2.05, 4.69) is 0 Å². The zero-order chi connectivity index (χ0) is 11.4. The quantitative estimate of drug-likeness (QED) is 0.790. The van der Waals surface area contributed by atoms with Crippen molar-refractivity contribution in [2.24, 2.45) is 0 Å². The molecule has 0 aromatic carbocycles. The van der Waals surface area contributed by atoms with Crippen molar-refractivity contribution >= 4 is 23.6 Å². The molecule has 15 heavy (non-hydrogen) atoms. The molecule has 1 N–H and O–H groups in total. The number of carbonyl (C=O) groups is 2. The summed E-state index contributed by atoms with van der Waals surface area (Å²) < 4.78 is 0. The SMILES string of the molecule is CSC(C)CC(=O)N1CCC[C@@H]1C(=O)O. The Morgan fingerprint density at radius 3 is 2.80 bits per heavy atom. The minimum absolute atomic E-state index is 0.0262. The van der Waals surface area contributed by atoms with Gasteiger partial charge in [0.25, 0.3) is 0 Å². The van der Waals surface area contributed by atoms with Crippen LogP contribution in [0.2, 0.25) is 0 Å². The molecule has 4 nitrogen and oxygen atoms in total. The van der Waals surface area contributed by atoms with Crippen LogP contribution in [0.3, 0.4) is 0 Å². The molecule has 1 unspecified atom stereocenters. The molecule has 0 spiro atoms. The fraction of sp³-hybridized carbons (Fsp3) is 0.800. The van der Waals surface area contributed by atoms with Gasteiger partial charge in [0.2, 0.25) is 5.91 Å². The van der Waals surface area contributed by atoms with Gasteiger partial charge in [-0.1, -0.05) is 6.92 Å². The number of likely N-dealkylation sites (tertiary alicyclic amines) is 1. The first-order valence-electron chi connectivity index (χ1n) is 5.11. The molecule has 1 amide bonds. The molecule has 1 aliphatic heterocycles. The maximum absolute atomic E-state index is 11.8. The number of aliphatic carboxylic acids is 1. The smallest absolute Gasteiger partial charge is 0.326 e. The zero-order valence-corrected chi connectivity index (χ0v) is 9.92. The van der Waals surface area contributed by atoms with Crippen molar-refractivity contribution in [3.05, 3.63) is 0 Å². The highest BCUT2D eigenvalue weighted by atomic mass is 32.2. The second-order valence-electron chi connectivity index (χ2n) is 3.83. The molecule has 0 radical (unpaired) electrons. The normalized spacial score (nSPS) is 22.8. The molecule has 1 fully saturated rings. The van der Waals surface area contributed by atoms with Crippen LogP contribution in [-0.2, 0) is 9.59 Å². The van der Waals surface area contributed by atoms with Gasteiger partial charge in [-0.05, 0) is 19.1 Å². The van der Waals surface area contributed by atoms with E-state index in [-0.39, 0.29) is 11.2 Å². The van der Waals surface area contributed by atoms with Crippen LogP contribution < -0.4 is 0 Å². The number of carbonyl (C=O) groups excluding carboxylic acids is 1. The van der Waals surface area contributed by atoms with Gasteiger partial charge in [-0.2, -0.15) is 11.8 Å². The standard InChI is InChI=1S/C10H17NO3S/c1-7(15-2)6-9(12)11-5-3-4-8(11)10(13)14/h7-8H,3-6H2,1-2H3,(H,13,14)/t7?,8-/m1/s1. The molecule has 1 aliphatic rings. The van der Waals surface area contributed by atoms with Gasteiger partial charge in [0.05, 0.1) is 0 Å². The van der Waals surface area contributed by atoms with E-state index in [9.17, 15) is 9.59 Å². The third-order valence-corrected chi connectivity index (χ3v) is 3.69. The lowest BCUT2D eigenvalue weighted by atomic mass is 10.2. The Bertz CT molecular complexity index is 257. The number of amides is 1. The highest BCUT2D eigenvalue weighted by Gasteiger charge is 2.33. The summed E-state index contributed by atoms with van der Waals surface area (Å²) in [7, 11) is 0. The van der Waals surface area contributed by atoms with Crippen molar-refractivity contribution in [2.75, 3.05) is 12.8 Å². The molecule has 1 saturated heterocycles. The number of thioether (sulfide) groups is 1. The van der Waals surface area contributed by atoms with E-state index in [0.717, 1.165) is 6.42 Å². The maximum Gasteiger partial charge on any atom is 0.326 e. The summed E-state index contributed by atoms with van der Waals surface area (Å²) in [5, 5.41) is 9.18. The van der Waals surface area contributed by atoms with Crippen LogP contribution in [0.4, 0.5) is 0 Å². The van der Waals surface area contributed by atoms with Crippen LogP contribution in [0.5, 0.6) is 0 Å². The maximum atomic E-state index is 11.8. The molecule has 0 bridgehead atoms. The molecule has 0 aromatic rings. The van der Waals surface area contributed by atoms with Gasteiger partial charge < -0.3 is 10.0 Å². The van der Waals surface area contributed by atoms with Crippen LogP contribution in [0, 0.1) is 0 Å². The topological polar surface area (TPSA) is 57.6 Å². The van der Waals surface area contributed by atoms with Crippen molar-refractivity contribution in [3.8, 4) is 0 Å². The highest BCUT2D eigenvalue weighted by Crippen LogP contribution is 2.20. The van der Waals surface area contributed by atoms with Gasteiger partial charge in [0, 0.05) is 18.2 Å². The van der Waals surface area contributed by atoms with Crippen LogP contribution in [0.25, 0.3) is 0 Å². The summed E-state index contributed by atoms with van der Waals surface area (Å²) in [6.07, 6.45) is 3.78. The zero-order valence-electron chi connectivity index (χ0n) is 9.10. The molecule has 2 atom stereocenters. The van der Waals surface area contributed by atoms with E-state index < -0.39 is 12.0 Å². The predicted octanol–water partition coefficient (Wildman–Crippen LogP) is 1.20. The average molecular weight is 231 g/mol. The minimum atomic E-state index is -0.877. The first-order chi connectivity index (χ1) is 7.06. The predicted molar refractivity (Wildman–Crippen MR) is 60.0 cm³/mol. The first kappa shape index (κ1) is 12.4. The van der Waals surface area contributed by atoms with E-state index in [4.69, 9.17) is 5.11 Å². The first-order valence-corrected chi connectivity index (χ1v) is 6.40. The van der Waals surface area contributed by atoms with E-state index >= 15 is 0 Å².